The van der Waals surface area contributed by atoms with Crippen LogP contribution in [0.5, 0.6) is 0 Å². The Bertz CT molecular complexity index is 289. The minimum atomic E-state index is 0.0401. The Kier molecular flexibility index (Phi) is 5.31. The van der Waals surface area contributed by atoms with Gasteiger partial charge in [0, 0.05) is 18.3 Å². The van der Waals surface area contributed by atoms with Crippen LogP contribution in [0.4, 0.5) is 5.82 Å². The third-order valence-corrected chi connectivity index (χ3v) is 1.78. The standard InChI is InChI=1S/C9H14ClN3O2/c1-7-6-8(13-9(10)12-7)11-2-4-15-5-3-14/h6,14H,2-5H2,1H3,(H,11,12,13). The Hall–Kier alpha value is -0.910. The van der Waals surface area contributed by atoms with Crippen LogP contribution in [0.3, 0.4) is 0 Å². The summed E-state index contributed by atoms with van der Waals surface area (Å²) in [4.78, 5) is 7.93. The molecular weight excluding hydrogens is 218 g/mol. The van der Waals surface area contributed by atoms with Crippen molar-refractivity contribution in [1.82, 2.24) is 9.97 Å². The second kappa shape index (κ2) is 6.55. The van der Waals surface area contributed by atoms with Crippen molar-refractivity contribution in [2.45, 2.75) is 6.92 Å². The lowest BCUT2D eigenvalue weighted by atomic mass is 10.4. The highest BCUT2D eigenvalue weighted by atomic mass is 35.5. The number of ether oxygens (including phenoxy) is 1. The van der Waals surface area contributed by atoms with Gasteiger partial charge in [-0.2, -0.15) is 0 Å². The van der Waals surface area contributed by atoms with E-state index < -0.39 is 0 Å². The summed E-state index contributed by atoms with van der Waals surface area (Å²) in [6.45, 7) is 3.37. The van der Waals surface area contributed by atoms with Crippen LogP contribution in [0.2, 0.25) is 5.28 Å². The summed E-state index contributed by atoms with van der Waals surface area (Å²) < 4.78 is 5.08. The maximum atomic E-state index is 8.47. The molecule has 0 radical (unpaired) electrons. The molecule has 0 aromatic carbocycles. The fraction of sp³-hybridized carbons (Fsp3) is 0.556. The number of halogens is 1. The van der Waals surface area contributed by atoms with Gasteiger partial charge in [-0.05, 0) is 18.5 Å². The van der Waals surface area contributed by atoms with Crippen LogP contribution in [0, 0.1) is 6.92 Å². The number of aromatic nitrogens is 2. The highest BCUT2D eigenvalue weighted by molar-refractivity contribution is 6.28. The Balaban J connectivity index is 2.31. The molecule has 84 valence electrons. The number of anilines is 1. The maximum Gasteiger partial charge on any atom is 0.224 e. The van der Waals surface area contributed by atoms with Crippen molar-refractivity contribution in [3.63, 3.8) is 0 Å². The fourth-order valence-electron chi connectivity index (χ4n) is 1.04. The molecule has 2 N–H and O–H groups in total. The minimum absolute atomic E-state index is 0.0401. The van der Waals surface area contributed by atoms with Crippen LogP contribution in [0.25, 0.3) is 0 Å². The minimum Gasteiger partial charge on any atom is -0.394 e. The van der Waals surface area contributed by atoms with Crippen LogP contribution in [0.15, 0.2) is 6.07 Å². The molecule has 0 unspecified atom stereocenters. The van der Waals surface area contributed by atoms with Gasteiger partial charge in [0.2, 0.25) is 5.28 Å². The van der Waals surface area contributed by atoms with Gasteiger partial charge in [-0.1, -0.05) is 0 Å². The molecule has 0 atom stereocenters. The van der Waals surface area contributed by atoms with E-state index in [1.54, 1.807) is 6.07 Å². The van der Waals surface area contributed by atoms with Crippen LogP contribution in [-0.4, -0.2) is 41.4 Å². The van der Waals surface area contributed by atoms with Gasteiger partial charge in [-0.3, -0.25) is 0 Å². The second-order valence-corrected chi connectivity index (χ2v) is 3.26. The quantitative estimate of drug-likeness (QED) is 0.562. The summed E-state index contributed by atoms with van der Waals surface area (Å²) in [5, 5.41) is 11.7. The number of hydrogen-bond acceptors (Lipinski definition) is 5. The Morgan fingerprint density at radius 3 is 2.93 bits per heavy atom. The molecule has 0 aliphatic carbocycles. The van der Waals surface area contributed by atoms with E-state index in [0.717, 1.165) is 5.69 Å². The number of aliphatic hydroxyl groups excluding tert-OH is 1. The SMILES string of the molecule is Cc1cc(NCCOCCO)nc(Cl)n1. The Labute approximate surface area is 93.5 Å². The molecule has 0 saturated heterocycles. The lowest BCUT2D eigenvalue weighted by Gasteiger charge is -2.06. The van der Waals surface area contributed by atoms with Crippen molar-refractivity contribution in [3.05, 3.63) is 17.0 Å². The van der Waals surface area contributed by atoms with E-state index >= 15 is 0 Å². The molecule has 0 amide bonds. The average molecular weight is 232 g/mol. The molecule has 1 heterocycles. The molecule has 0 aliphatic heterocycles. The van der Waals surface area contributed by atoms with E-state index in [9.17, 15) is 0 Å². The van der Waals surface area contributed by atoms with Crippen LogP contribution in [0.1, 0.15) is 5.69 Å². The first-order valence-electron chi connectivity index (χ1n) is 4.66. The first-order chi connectivity index (χ1) is 7.22. The van der Waals surface area contributed by atoms with Crippen molar-refractivity contribution in [2.24, 2.45) is 0 Å². The molecule has 0 saturated carbocycles. The summed E-state index contributed by atoms with van der Waals surface area (Å²) in [7, 11) is 0. The molecule has 1 aromatic rings. The van der Waals surface area contributed by atoms with Gasteiger partial charge < -0.3 is 15.2 Å². The molecule has 0 spiro atoms. The van der Waals surface area contributed by atoms with E-state index in [2.05, 4.69) is 15.3 Å². The number of rotatable bonds is 6. The van der Waals surface area contributed by atoms with Crippen molar-refractivity contribution in [2.75, 3.05) is 31.7 Å². The molecule has 15 heavy (non-hydrogen) atoms. The Morgan fingerprint density at radius 1 is 1.47 bits per heavy atom. The van der Waals surface area contributed by atoms with Crippen LogP contribution in [-0.2, 0) is 4.74 Å². The van der Waals surface area contributed by atoms with Gasteiger partial charge in [0.15, 0.2) is 0 Å². The first-order valence-corrected chi connectivity index (χ1v) is 5.04. The van der Waals surface area contributed by atoms with Gasteiger partial charge in [0.05, 0.1) is 19.8 Å². The molecular formula is C9H14ClN3O2. The lowest BCUT2D eigenvalue weighted by Crippen LogP contribution is -2.12. The molecule has 1 rings (SSSR count). The lowest BCUT2D eigenvalue weighted by molar-refractivity contribution is 0.0992. The molecule has 5 nitrogen and oxygen atoms in total. The highest BCUT2D eigenvalue weighted by Crippen LogP contribution is 2.08. The maximum absolute atomic E-state index is 8.47. The summed E-state index contributed by atoms with van der Waals surface area (Å²) >= 11 is 5.69. The molecule has 6 heteroatoms. The van der Waals surface area contributed by atoms with Gasteiger partial charge >= 0.3 is 0 Å². The third kappa shape index (κ3) is 4.92. The highest BCUT2D eigenvalue weighted by Gasteiger charge is 1.98. The second-order valence-electron chi connectivity index (χ2n) is 2.93. The van der Waals surface area contributed by atoms with E-state index in [4.69, 9.17) is 21.4 Å². The van der Waals surface area contributed by atoms with Crippen molar-refractivity contribution >= 4 is 17.4 Å². The van der Waals surface area contributed by atoms with Crippen molar-refractivity contribution < 1.29 is 9.84 Å². The van der Waals surface area contributed by atoms with Crippen molar-refractivity contribution in [1.29, 1.82) is 0 Å². The summed E-state index contributed by atoms with van der Waals surface area (Å²) in [5.74, 6) is 0.681. The fourth-order valence-corrected chi connectivity index (χ4v) is 1.27. The zero-order valence-corrected chi connectivity index (χ0v) is 9.29. The molecule has 0 aliphatic rings. The first kappa shape index (κ1) is 12.2. The third-order valence-electron chi connectivity index (χ3n) is 1.62. The number of hydrogen-bond donors (Lipinski definition) is 2. The number of aliphatic hydroxyl groups is 1. The van der Waals surface area contributed by atoms with Crippen LogP contribution < -0.4 is 5.32 Å². The topological polar surface area (TPSA) is 67.3 Å². The van der Waals surface area contributed by atoms with Gasteiger partial charge in [0.1, 0.15) is 5.82 Å². The van der Waals surface area contributed by atoms with Crippen LogP contribution >= 0.6 is 11.6 Å². The Morgan fingerprint density at radius 2 is 2.27 bits per heavy atom. The van der Waals surface area contributed by atoms with Crippen molar-refractivity contribution in [3.8, 4) is 0 Å². The predicted molar refractivity (Wildman–Crippen MR) is 58.2 cm³/mol. The monoisotopic (exact) mass is 231 g/mol. The summed E-state index contributed by atoms with van der Waals surface area (Å²) in [6.07, 6.45) is 0. The van der Waals surface area contributed by atoms with Gasteiger partial charge in [-0.15, -0.1) is 0 Å². The summed E-state index contributed by atoms with van der Waals surface area (Å²) in [5.41, 5.74) is 0.814. The van der Waals surface area contributed by atoms with Gasteiger partial charge in [0.25, 0.3) is 0 Å². The smallest absolute Gasteiger partial charge is 0.224 e. The van der Waals surface area contributed by atoms with E-state index in [1.165, 1.54) is 0 Å². The van der Waals surface area contributed by atoms with E-state index in [0.29, 0.717) is 25.6 Å². The number of nitrogens with zero attached hydrogens (tertiary/aromatic N) is 2. The average Bonchev–Trinajstić information content (AvgIpc) is 2.16. The molecule has 1 aromatic heterocycles. The number of nitrogens with one attached hydrogen (secondary N) is 1. The molecule has 0 fully saturated rings. The van der Waals surface area contributed by atoms with E-state index in [-0.39, 0.29) is 11.9 Å². The largest absolute Gasteiger partial charge is 0.394 e. The zero-order chi connectivity index (χ0) is 11.1. The normalized spacial score (nSPS) is 10.3. The number of aryl methyl sites for hydroxylation is 1. The van der Waals surface area contributed by atoms with Gasteiger partial charge in [-0.25, -0.2) is 9.97 Å². The molecule has 0 bridgehead atoms. The predicted octanol–water partition coefficient (Wildman–Crippen LogP) is 0.859. The van der Waals surface area contributed by atoms with E-state index in [1.807, 2.05) is 6.92 Å². The zero-order valence-electron chi connectivity index (χ0n) is 8.53. The summed E-state index contributed by atoms with van der Waals surface area (Å²) in [6, 6.07) is 1.80.